The summed E-state index contributed by atoms with van der Waals surface area (Å²) in [4.78, 5) is 16.0. The summed E-state index contributed by atoms with van der Waals surface area (Å²) in [6.07, 6.45) is 0. The number of carbonyl (C=O) groups excluding carboxylic acids is 1. The summed E-state index contributed by atoms with van der Waals surface area (Å²) in [5.41, 5.74) is 8.25. The Kier molecular flexibility index (Phi) is 5.63. The third-order valence-electron chi connectivity index (χ3n) is 2.57. The molecule has 0 aliphatic heterocycles. The summed E-state index contributed by atoms with van der Waals surface area (Å²) in [7, 11) is 0. The standard InChI is InChI=1S/C14H14N4O2S/c15-18-17-10-12-6-7-13(21-12)14(19)16-8-9-20-11-4-2-1-3-5-11/h1-7H,8-10H2,(H,16,19). The average Bonchev–Trinajstić information content (AvgIpc) is 2.99. The molecule has 0 fully saturated rings. The number of rotatable bonds is 7. The number of ether oxygens (including phenoxy) is 1. The van der Waals surface area contributed by atoms with E-state index in [0.717, 1.165) is 10.6 Å². The number of amides is 1. The van der Waals surface area contributed by atoms with Crippen LogP contribution in [-0.2, 0) is 6.54 Å². The van der Waals surface area contributed by atoms with Crippen molar-refractivity contribution < 1.29 is 9.53 Å². The molecule has 0 saturated heterocycles. The molecule has 0 saturated carbocycles. The monoisotopic (exact) mass is 302 g/mol. The van der Waals surface area contributed by atoms with Gasteiger partial charge in [0.25, 0.3) is 5.91 Å². The fraction of sp³-hybridized carbons (Fsp3) is 0.214. The molecule has 0 aliphatic rings. The maximum atomic E-state index is 11.9. The largest absolute Gasteiger partial charge is 0.492 e. The summed E-state index contributed by atoms with van der Waals surface area (Å²) in [5.74, 6) is 0.628. The molecule has 1 N–H and O–H groups in total. The normalized spacial score (nSPS) is 9.71. The quantitative estimate of drug-likeness (QED) is 0.368. The highest BCUT2D eigenvalue weighted by Crippen LogP contribution is 2.17. The topological polar surface area (TPSA) is 87.1 Å². The van der Waals surface area contributed by atoms with E-state index >= 15 is 0 Å². The van der Waals surface area contributed by atoms with Crippen LogP contribution in [0.25, 0.3) is 10.4 Å². The van der Waals surface area contributed by atoms with Crippen LogP contribution in [0.4, 0.5) is 0 Å². The number of hydrogen-bond donors (Lipinski definition) is 1. The van der Waals surface area contributed by atoms with Crippen molar-refractivity contribution in [2.45, 2.75) is 6.54 Å². The van der Waals surface area contributed by atoms with E-state index in [1.54, 1.807) is 12.1 Å². The molecule has 1 amide bonds. The second-order valence-corrected chi connectivity index (χ2v) is 5.24. The molecule has 6 nitrogen and oxygen atoms in total. The predicted molar refractivity (Wildman–Crippen MR) is 81.4 cm³/mol. The van der Waals surface area contributed by atoms with Gasteiger partial charge in [-0.2, -0.15) is 0 Å². The SMILES string of the molecule is [N-]=[N+]=NCc1ccc(C(=O)NCCOc2ccccc2)s1. The Bertz CT molecular complexity index is 635. The Balaban J connectivity index is 1.74. The molecule has 21 heavy (non-hydrogen) atoms. The Labute approximate surface area is 126 Å². The van der Waals surface area contributed by atoms with E-state index in [-0.39, 0.29) is 12.5 Å². The highest BCUT2D eigenvalue weighted by Gasteiger charge is 2.08. The second kappa shape index (κ2) is 7.94. The van der Waals surface area contributed by atoms with Crippen LogP contribution in [0.3, 0.4) is 0 Å². The van der Waals surface area contributed by atoms with E-state index in [1.165, 1.54) is 11.3 Å². The lowest BCUT2D eigenvalue weighted by atomic mass is 10.3. The molecule has 7 heteroatoms. The lowest BCUT2D eigenvalue weighted by Gasteiger charge is -2.06. The van der Waals surface area contributed by atoms with Crippen molar-refractivity contribution in [3.05, 3.63) is 62.7 Å². The van der Waals surface area contributed by atoms with Crippen molar-refractivity contribution in [1.82, 2.24) is 5.32 Å². The molecule has 2 aromatic rings. The number of hydrogen-bond acceptors (Lipinski definition) is 4. The zero-order valence-corrected chi connectivity index (χ0v) is 12.0. The maximum absolute atomic E-state index is 11.9. The lowest BCUT2D eigenvalue weighted by Crippen LogP contribution is -2.27. The minimum atomic E-state index is -0.149. The van der Waals surface area contributed by atoms with Crippen LogP contribution in [-0.4, -0.2) is 19.1 Å². The average molecular weight is 302 g/mol. The number of nitrogens with one attached hydrogen (secondary N) is 1. The van der Waals surface area contributed by atoms with Crippen molar-refractivity contribution in [3.63, 3.8) is 0 Å². The van der Waals surface area contributed by atoms with Gasteiger partial charge in [0, 0.05) is 9.79 Å². The van der Waals surface area contributed by atoms with Gasteiger partial charge in [-0.05, 0) is 29.8 Å². The first-order valence-electron chi connectivity index (χ1n) is 6.35. The molecule has 108 valence electrons. The maximum Gasteiger partial charge on any atom is 0.261 e. The fourth-order valence-electron chi connectivity index (χ4n) is 1.62. The summed E-state index contributed by atoms with van der Waals surface area (Å²) >= 11 is 1.32. The third-order valence-corrected chi connectivity index (χ3v) is 3.64. The Hall–Kier alpha value is -2.50. The van der Waals surface area contributed by atoms with Gasteiger partial charge >= 0.3 is 0 Å². The number of carbonyl (C=O) groups is 1. The minimum Gasteiger partial charge on any atom is -0.492 e. The summed E-state index contributed by atoms with van der Waals surface area (Å²) in [6, 6.07) is 12.9. The number of thiophene rings is 1. The van der Waals surface area contributed by atoms with Crippen molar-refractivity contribution >= 4 is 17.2 Å². The van der Waals surface area contributed by atoms with Gasteiger partial charge in [-0.3, -0.25) is 4.79 Å². The molecule has 0 unspecified atom stereocenters. The van der Waals surface area contributed by atoms with Gasteiger partial charge in [0.1, 0.15) is 12.4 Å². The van der Waals surface area contributed by atoms with Crippen LogP contribution >= 0.6 is 11.3 Å². The summed E-state index contributed by atoms with van der Waals surface area (Å²) in [5, 5.41) is 6.24. The molecular weight excluding hydrogens is 288 g/mol. The molecule has 2 rings (SSSR count). The molecule has 0 spiro atoms. The van der Waals surface area contributed by atoms with Crippen molar-refractivity contribution in [3.8, 4) is 5.75 Å². The number of azide groups is 1. The van der Waals surface area contributed by atoms with Crippen LogP contribution < -0.4 is 10.1 Å². The summed E-state index contributed by atoms with van der Waals surface area (Å²) in [6.45, 7) is 1.11. The highest BCUT2D eigenvalue weighted by molar-refractivity contribution is 7.14. The Morgan fingerprint density at radius 2 is 2.10 bits per heavy atom. The predicted octanol–water partition coefficient (Wildman–Crippen LogP) is 3.37. The molecule has 0 atom stereocenters. The van der Waals surface area contributed by atoms with Gasteiger partial charge in [0.05, 0.1) is 18.0 Å². The van der Waals surface area contributed by atoms with Crippen molar-refractivity contribution in [2.24, 2.45) is 5.11 Å². The van der Waals surface area contributed by atoms with E-state index in [1.807, 2.05) is 30.3 Å². The molecule has 1 aromatic heterocycles. The van der Waals surface area contributed by atoms with Gasteiger partial charge in [-0.1, -0.05) is 23.3 Å². The molecule has 0 bridgehead atoms. The molecule has 0 radical (unpaired) electrons. The molecular formula is C14H14N4O2S. The van der Waals surface area contributed by atoms with Gasteiger partial charge in [-0.25, -0.2) is 0 Å². The van der Waals surface area contributed by atoms with E-state index in [0.29, 0.717) is 18.0 Å². The number of benzene rings is 1. The van der Waals surface area contributed by atoms with Gasteiger partial charge < -0.3 is 10.1 Å². The van der Waals surface area contributed by atoms with Gasteiger partial charge in [-0.15, -0.1) is 11.3 Å². The molecule has 1 aromatic carbocycles. The van der Waals surface area contributed by atoms with Crippen LogP contribution in [0.5, 0.6) is 5.75 Å². The molecule has 1 heterocycles. The van der Waals surface area contributed by atoms with Crippen molar-refractivity contribution in [2.75, 3.05) is 13.2 Å². The number of nitrogens with zero attached hydrogens (tertiary/aromatic N) is 3. The zero-order valence-electron chi connectivity index (χ0n) is 11.2. The smallest absolute Gasteiger partial charge is 0.261 e. The van der Waals surface area contributed by atoms with Crippen LogP contribution in [0.2, 0.25) is 0 Å². The Morgan fingerprint density at radius 3 is 2.86 bits per heavy atom. The fourth-order valence-corrected chi connectivity index (χ4v) is 2.47. The van der Waals surface area contributed by atoms with Crippen LogP contribution in [0.15, 0.2) is 47.6 Å². The van der Waals surface area contributed by atoms with Crippen LogP contribution in [0.1, 0.15) is 14.5 Å². The Morgan fingerprint density at radius 1 is 1.29 bits per heavy atom. The minimum absolute atomic E-state index is 0.149. The zero-order chi connectivity index (χ0) is 14.9. The third kappa shape index (κ3) is 4.83. The first-order valence-corrected chi connectivity index (χ1v) is 7.17. The highest BCUT2D eigenvalue weighted by atomic mass is 32.1. The van der Waals surface area contributed by atoms with E-state index in [4.69, 9.17) is 10.3 Å². The van der Waals surface area contributed by atoms with E-state index in [2.05, 4.69) is 15.3 Å². The van der Waals surface area contributed by atoms with Crippen LogP contribution in [0, 0.1) is 0 Å². The van der Waals surface area contributed by atoms with Gasteiger partial charge in [0.2, 0.25) is 0 Å². The van der Waals surface area contributed by atoms with Crippen molar-refractivity contribution in [1.29, 1.82) is 0 Å². The second-order valence-electron chi connectivity index (χ2n) is 4.07. The first kappa shape index (κ1) is 14.9. The van der Waals surface area contributed by atoms with E-state index in [9.17, 15) is 4.79 Å². The lowest BCUT2D eigenvalue weighted by molar-refractivity contribution is 0.0951. The summed E-state index contributed by atoms with van der Waals surface area (Å²) < 4.78 is 5.48. The van der Waals surface area contributed by atoms with E-state index < -0.39 is 0 Å². The number of para-hydroxylation sites is 1. The molecule has 0 aliphatic carbocycles. The van der Waals surface area contributed by atoms with Gasteiger partial charge in [0.15, 0.2) is 0 Å². The first-order chi connectivity index (χ1) is 10.3.